The average Bonchev–Trinajstić information content (AvgIpc) is 2.80. The highest BCUT2D eigenvalue weighted by Gasteiger charge is 2.18. The van der Waals surface area contributed by atoms with Crippen LogP contribution in [0.2, 0.25) is 0 Å². The molecule has 0 radical (unpaired) electrons. The molecule has 0 aliphatic carbocycles. The number of rotatable bonds is 7. The molecule has 0 amide bonds. The standard InChI is InChI=1S/C12H21NOS2/c1-4-10(3)11(13-5-2)9-16(14)12-7-6-8-15-12/h6-8,10-11,13H,4-5,9H2,1-3H3. The van der Waals surface area contributed by atoms with Crippen LogP contribution in [-0.2, 0) is 10.8 Å². The van der Waals surface area contributed by atoms with Crippen LogP contribution in [0.3, 0.4) is 0 Å². The number of hydrogen-bond donors (Lipinski definition) is 1. The molecule has 1 aromatic rings. The Bertz CT molecular complexity index is 311. The fourth-order valence-electron chi connectivity index (χ4n) is 1.61. The van der Waals surface area contributed by atoms with Crippen LogP contribution in [0.5, 0.6) is 0 Å². The Morgan fingerprint density at radius 1 is 1.50 bits per heavy atom. The fraction of sp³-hybridized carbons (Fsp3) is 0.667. The molecule has 0 bridgehead atoms. The lowest BCUT2D eigenvalue weighted by Crippen LogP contribution is -2.39. The Labute approximate surface area is 105 Å². The van der Waals surface area contributed by atoms with Crippen molar-refractivity contribution in [2.75, 3.05) is 12.3 Å². The minimum absolute atomic E-state index is 0.359. The van der Waals surface area contributed by atoms with E-state index in [2.05, 4.69) is 26.1 Å². The summed E-state index contributed by atoms with van der Waals surface area (Å²) in [5.41, 5.74) is 0. The normalized spacial score (nSPS) is 16.9. The molecule has 2 nitrogen and oxygen atoms in total. The first-order valence-electron chi connectivity index (χ1n) is 5.84. The van der Waals surface area contributed by atoms with Gasteiger partial charge in [-0.05, 0) is 23.9 Å². The highest BCUT2D eigenvalue weighted by Crippen LogP contribution is 2.17. The van der Waals surface area contributed by atoms with Gasteiger partial charge in [-0.1, -0.05) is 33.3 Å². The van der Waals surface area contributed by atoms with E-state index in [0.717, 1.165) is 22.9 Å². The number of nitrogens with one attached hydrogen (secondary N) is 1. The first-order chi connectivity index (χ1) is 7.69. The predicted octanol–water partition coefficient (Wildman–Crippen LogP) is 2.88. The van der Waals surface area contributed by atoms with Crippen molar-refractivity contribution in [1.29, 1.82) is 0 Å². The highest BCUT2D eigenvalue weighted by molar-refractivity contribution is 7.87. The molecule has 3 unspecified atom stereocenters. The van der Waals surface area contributed by atoms with E-state index in [1.54, 1.807) is 11.3 Å². The first kappa shape index (κ1) is 13.9. The lowest BCUT2D eigenvalue weighted by molar-refractivity contribution is 0.401. The molecule has 4 heteroatoms. The second-order valence-corrected chi connectivity index (χ2v) is 6.66. The van der Waals surface area contributed by atoms with Crippen LogP contribution >= 0.6 is 11.3 Å². The molecule has 1 heterocycles. The van der Waals surface area contributed by atoms with Gasteiger partial charge in [0, 0.05) is 11.8 Å². The monoisotopic (exact) mass is 259 g/mol. The molecule has 92 valence electrons. The fourth-order valence-corrected chi connectivity index (χ4v) is 4.02. The Kier molecular flexibility index (Phi) is 6.24. The molecule has 1 aromatic heterocycles. The van der Waals surface area contributed by atoms with E-state index >= 15 is 0 Å². The zero-order valence-corrected chi connectivity index (χ0v) is 11.9. The summed E-state index contributed by atoms with van der Waals surface area (Å²) in [5.74, 6) is 1.30. The highest BCUT2D eigenvalue weighted by atomic mass is 32.2. The molecule has 16 heavy (non-hydrogen) atoms. The Balaban J connectivity index is 2.57. The molecule has 0 aliphatic rings. The van der Waals surface area contributed by atoms with Gasteiger partial charge < -0.3 is 5.32 Å². The first-order valence-corrected chi connectivity index (χ1v) is 8.04. The summed E-state index contributed by atoms with van der Waals surface area (Å²) in [7, 11) is -0.850. The van der Waals surface area contributed by atoms with E-state index in [4.69, 9.17) is 0 Å². The van der Waals surface area contributed by atoms with Crippen LogP contribution in [0.15, 0.2) is 21.7 Å². The summed E-state index contributed by atoms with van der Waals surface area (Å²) in [6.07, 6.45) is 1.12. The third-order valence-corrected chi connectivity index (χ3v) is 5.60. The van der Waals surface area contributed by atoms with E-state index in [0.29, 0.717) is 12.0 Å². The summed E-state index contributed by atoms with van der Waals surface area (Å²) >= 11 is 1.58. The molecule has 0 saturated carbocycles. The maximum atomic E-state index is 12.1. The lowest BCUT2D eigenvalue weighted by Gasteiger charge is -2.23. The van der Waals surface area contributed by atoms with Gasteiger partial charge in [-0.15, -0.1) is 11.3 Å². The average molecular weight is 259 g/mol. The van der Waals surface area contributed by atoms with Crippen molar-refractivity contribution >= 4 is 22.1 Å². The van der Waals surface area contributed by atoms with E-state index < -0.39 is 10.8 Å². The zero-order valence-electron chi connectivity index (χ0n) is 10.2. The minimum atomic E-state index is -0.850. The third-order valence-electron chi connectivity index (χ3n) is 2.85. The van der Waals surface area contributed by atoms with Crippen molar-refractivity contribution in [3.05, 3.63) is 17.5 Å². The molecule has 1 rings (SSSR count). The molecule has 0 saturated heterocycles. The van der Waals surface area contributed by atoms with Gasteiger partial charge in [0.1, 0.15) is 0 Å². The van der Waals surface area contributed by atoms with Crippen molar-refractivity contribution in [3.63, 3.8) is 0 Å². The lowest BCUT2D eigenvalue weighted by atomic mass is 10.0. The van der Waals surface area contributed by atoms with E-state index in [1.807, 2.05) is 17.5 Å². The van der Waals surface area contributed by atoms with Crippen LogP contribution < -0.4 is 5.32 Å². The van der Waals surface area contributed by atoms with Gasteiger partial charge in [-0.2, -0.15) is 0 Å². The molecule has 0 spiro atoms. The van der Waals surface area contributed by atoms with E-state index in [9.17, 15) is 4.21 Å². The van der Waals surface area contributed by atoms with Gasteiger partial charge in [0.2, 0.25) is 0 Å². The van der Waals surface area contributed by atoms with Crippen LogP contribution in [0, 0.1) is 5.92 Å². The smallest absolute Gasteiger partial charge is 0.0911 e. The van der Waals surface area contributed by atoms with Gasteiger partial charge in [0.05, 0.1) is 15.0 Å². The topological polar surface area (TPSA) is 29.1 Å². The van der Waals surface area contributed by atoms with Gasteiger partial charge >= 0.3 is 0 Å². The Morgan fingerprint density at radius 3 is 2.75 bits per heavy atom. The Hall–Kier alpha value is -0.190. The van der Waals surface area contributed by atoms with Crippen molar-refractivity contribution in [3.8, 4) is 0 Å². The summed E-state index contributed by atoms with van der Waals surface area (Å²) in [5, 5.41) is 5.42. The molecular formula is C12H21NOS2. The minimum Gasteiger partial charge on any atom is -0.313 e. The number of thiophene rings is 1. The molecular weight excluding hydrogens is 238 g/mol. The maximum absolute atomic E-state index is 12.1. The molecule has 1 N–H and O–H groups in total. The zero-order chi connectivity index (χ0) is 12.0. The summed E-state index contributed by atoms with van der Waals surface area (Å²) in [6.45, 7) is 7.45. The maximum Gasteiger partial charge on any atom is 0.0911 e. The van der Waals surface area contributed by atoms with Crippen LogP contribution in [0.4, 0.5) is 0 Å². The van der Waals surface area contributed by atoms with Crippen LogP contribution in [-0.4, -0.2) is 22.5 Å². The van der Waals surface area contributed by atoms with Crippen molar-refractivity contribution in [2.24, 2.45) is 5.92 Å². The summed E-state index contributed by atoms with van der Waals surface area (Å²) in [6, 6.07) is 4.28. The molecule has 3 atom stereocenters. The van der Waals surface area contributed by atoms with E-state index in [-0.39, 0.29) is 0 Å². The van der Waals surface area contributed by atoms with Crippen LogP contribution in [0.25, 0.3) is 0 Å². The van der Waals surface area contributed by atoms with Crippen LogP contribution in [0.1, 0.15) is 27.2 Å². The number of hydrogen-bond acceptors (Lipinski definition) is 3. The third kappa shape index (κ3) is 4.00. The van der Waals surface area contributed by atoms with Crippen molar-refractivity contribution in [2.45, 2.75) is 37.4 Å². The second-order valence-electron chi connectivity index (χ2n) is 3.99. The summed E-state index contributed by atoms with van der Waals surface area (Å²) < 4.78 is 13.1. The molecule has 0 aliphatic heterocycles. The van der Waals surface area contributed by atoms with Gasteiger partial charge in [0.15, 0.2) is 0 Å². The van der Waals surface area contributed by atoms with E-state index in [1.165, 1.54) is 0 Å². The Morgan fingerprint density at radius 2 is 2.25 bits per heavy atom. The second kappa shape index (κ2) is 7.20. The predicted molar refractivity (Wildman–Crippen MR) is 72.5 cm³/mol. The SMILES string of the molecule is CCNC(CS(=O)c1cccs1)C(C)CC. The largest absolute Gasteiger partial charge is 0.313 e. The van der Waals surface area contributed by atoms with Gasteiger partial charge in [-0.25, -0.2) is 0 Å². The van der Waals surface area contributed by atoms with Gasteiger partial charge in [-0.3, -0.25) is 4.21 Å². The quantitative estimate of drug-likeness (QED) is 0.816. The van der Waals surface area contributed by atoms with Gasteiger partial charge in [0.25, 0.3) is 0 Å². The van der Waals surface area contributed by atoms with Crippen molar-refractivity contribution in [1.82, 2.24) is 5.32 Å². The molecule has 0 fully saturated rings. The summed E-state index contributed by atoms with van der Waals surface area (Å²) in [4.78, 5) is 0. The van der Waals surface area contributed by atoms with Crippen molar-refractivity contribution < 1.29 is 4.21 Å². The molecule has 0 aromatic carbocycles.